The monoisotopic (exact) mass is 236 g/mol. The van der Waals surface area contributed by atoms with Gasteiger partial charge in [0.15, 0.2) is 0 Å². The van der Waals surface area contributed by atoms with Crippen LogP contribution in [0.15, 0.2) is 18.2 Å². The van der Waals surface area contributed by atoms with Crippen molar-refractivity contribution in [1.29, 1.82) is 0 Å². The Morgan fingerprint density at radius 2 is 1.71 bits per heavy atom. The first-order valence-electron chi connectivity index (χ1n) is 5.50. The van der Waals surface area contributed by atoms with E-state index in [1.807, 2.05) is 0 Å². The van der Waals surface area contributed by atoms with E-state index in [4.69, 9.17) is 5.73 Å². The van der Waals surface area contributed by atoms with E-state index in [0.29, 0.717) is 18.5 Å². The Hall–Kier alpha value is -1.91. The molecule has 2 N–H and O–H groups in total. The van der Waals surface area contributed by atoms with Crippen molar-refractivity contribution in [3.8, 4) is 0 Å². The van der Waals surface area contributed by atoms with Crippen LogP contribution >= 0.6 is 0 Å². The van der Waals surface area contributed by atoms with E-state index in [0.717, 1.165) is 11.0 Å². The molecule has 5 heteroatoms. The maximum absolute atomic E-state index is 13.6. The van der Waals surface area contributed by atoms with Crippen molar-refractivity contribution in [2.75, 3.05) is 10.6 Å². The van der Waals surface area contributed by atoms with Crippen LogP contribution in [0.25, 0.3) is 0 Å². The van der Waals surface area contributed by atoms with Gasteiger partial charge in [-0.2, -0.15) is 0 Å². The van der Waals surface area contributed by atoms with Crippen molar-refractivity contribution in [2.24, 2.45) is 0 Å². The van der Waals surface area contributed by atoms with Crippen LogP contribution in [0.1, 0.15) is 25.7 Å². The highest BCUT2D eigenvalue weighted by atomic mass is 19.1. The molecule has 1 aromatic carbocycles. The van der Waals surface area contributed by atoms with E-state index < -0.39 is 5.82 Å². The summed E-state index contributed by atoms with van der Waals surface area (Å²) in [5.74, 6) is -1.34. The molecule has 17 heavy (non-hydrogen) atoms. The lowest BCUT2D eigenvalue weighted by Gasteiger charge is -2.19. The second kappa shape index (κ2) is 4.53. The molecule has 0 aromatic heterocycles. The van der Waals surface area contributed by atoms with Gasteiger partial charge in [-0.05, 0) is 31.0 Å². The summed E-state index contributed by atoms with van der Waals surface area (Å²) >= 11 is 0. The van der Waals surface area contributed by atoms with E-state index >= 15 is 0 Å². The first-order valence-corrected chi connectivity index (χ1v) is 5.50. The maximum Gasteiger partial charge on any atom is 0.233 e. The van der Waals surface area contributed by atoms with Gasteiger partial charge in [0.05, 0.1) is 5.69 Å². The second-order valence-electron chi connectivity index (χ2n) is 4.04. The summed E-state index contributed by atoms with van der Waals surface area (Å²) in [6, 6.07) is 3.87. The molecule has 1 aliphatic heterocycles. The molecule has 2 rings (SSSR count). The molecule has 0 saturated carbocycles. The zero-order valence-corrected chi connectivity index (χ0v) is 9.28. The standard InChI is InChI=1S/C12H13FN2O2/c13-9-6-5-8(14)7-10(9)15-11(16)3-1-2-4-12(15)17/h5-7H,1-4,14H2. The predicted octanol–water partition coefficient (Wildman–Crippen LogP) is 1.84. The topological polar surface area (TPSA) is 63.4 Å². The first-order chi connectivity index (χ1) is 8.09. The zero-order chi connectivity index (χ0) is 12.4. The van der Waals surface area contributed by atoms with Gasteiger partial charge in [0.25, 0.3) is 0 Å². The number of nitrogens with zero attached hydrogens (tertiary/aromatic N) is 1. The maximum atomic E-state index is 13.6. The van der Waals surface area contributed by atoms with Gasteiger partial charge < -0.3 is 5.73 Å². The number of nitrogen functional groups attached to an aromatic ring is 1. The van der Waals surface area contributed by atoms with E-state index in [1.54, 1.807) is 0 Å². The molecule has 2 amide bonds. The number of anilines is 2. The number of carbonyl (C=O) groups is 2. The molecule has 0 unspecified atom stereocenters. The Morgan fingerprint density at radius 3 is 2.29 bits per heavy atom. The van der Waals surface area contributed by atoms with Gasteiger partial charge in [-0.15, -0.1) is 0 Å². The van der Waals surface area contributed by atoms with Gasteiger partial charge in [0, 0.05) is 18.5 Å². The lowest BCUT2D eigenvalue weighted by Crippen LogP contribution is -2.35. The quantitative estimate of drug-likeness (QED) is 0.597. The van der Waals surface area contributed by atoms with Crippen LogP contribution in [0, 0.1) is 5.82 Å². The number of amides is 2. The van der Waals surface area contributed by atoms with Gasteiger partial charge in [0.1, 0.15) is 5.82 Å². The van der Waals surface area contributed by atoms with Crippen molar-refractivity contribution >= 4 is 23.2 Å². The molecule has 1 heterocycles. The first kappa shape index (κ1) is 11.6. The summed E-state index contributed by atoms with van der Waals surface area (Å²) in [5.41, 5.74) is 5.83. The number of hydrogen-bond acceptors (Lipinski definition) is 3. The average Bonchev–Trinajstić information content (AvgIpc) is 2.44. The van der Waals surface area contributed by atoms with Crippen LogP contribution < -0.4 is 10.6 Å². The fourth-order valence-electron chi connectivity index (χ4n) is 1.88. The van der Waals surface area contributed by atoms with Crippen molar-refractivity contribution in [1.82, 2.24) is 0 Å². The molecule has 0 bridgehead atoms. The normalized spacial score (nSPS) is 17.1. The van der Waals surface area contributed by atoms with E-state index in [-0.39, 0.29) is 30.3 Å². The Balaban J connectivity index is 2.45. The van der Waals surface area contributed by atoms with Crippen molar-refractivity contribution < 1.29 is 14.0 Å². The van der Waals surface area contributed by atoms with Gasteiger partial charge in [-0.25, -0.2) is 9.29 Å². The summed E-state index contributed by atoms with van der Waals surface area (Å²) < 4.78 is 13.6. The Bertz CT molecular complexity index is 456. The van der Waals surface area contributed by atoms with Crippen LogP contribution in [0.3, 0.4) is 0 Å². The fraction of sp³-hybridized carbons (Fsp3) is 0.333. The molecule has 1 fully saturated rings. The van der Waals surface area contributed by atoms with E-state index in [9.17, 15) is 14.0 Å². The third kappa shape index (κ3) is 2.27. The van der Waals surface area contributed by atoms with Gasteiger partial charge in [-0.1, -0.05) is 0 Å². The number of halogens is 1. The van der Waals surface area contributed by atoms with Crippen LogP contribution in [0.2, 0.25) is 0 Å². The third-order valence-corrected chi connectivity index (χ3v) is 2.74. The molecule has 0 spiro atoms. The minimum absolute atomic E-state index is 0.0399. The van der Waals surface area contributed by atoms with Crippen molar-refractivity contribution in [3.05, 3.63) is 24.0 Å². The fourth-order valence-corrected chi connectivity index (χ4v) is 1.88. The molecule has 1 aromatic rings. The smallest absolute Gasteiger partial charge is 0.233 e. The predicted molar refractivity (Wildman–Crippen MR) is 61.8 cm³/mol. The lowest BCUT2D eigenvalue weighted by atomic mass is 10.2. The molecular formula is C12H13FN2O2. The molecule has 1 saturated heterocycles. The van der Waals surface area contributed by atoms with Crippen LogP contribution in [0.5, 0.6) is 0 Å². The minimum Gasteiger partial charge on any atom is -0.399 e. The van der Waals surface area contributed by atoms with Crippen LogP contribution in [-0.4, -0.2) is 11.8 Å². The molecule has 0 atom stereocenters. The van der Waals surface area contributed by atoms with Crippen molar-refractivity contribution in [2.45, 2.75) is 25.7 Å². The summed E-state index contributed by atoms with van der Waals surface area (Å²) in [7, 11) is 0. The minimum atomic E-state index is -0.609. The van der Waals surface area contributed by atoms with Gasteiger partial charge in [-0.3, -0.25) is 9.59 Å². The number of hydrogen-bond donors (Lipinski definition) is 1. The average molecular weight is 236 g/mol. The summed E-state index contributed by atoms with van der Waals surface area (Å²) in [6.45, 7) is 0. The summed E-state index contributed by atoms with van der Waals surface area (Å²) in [4.78, 5) is 24.5. The molecule has 1 aliphatic rings. The Kier molecular flexibility index (Phi) is 3.08. The summed E-state index contributed by atoms with van der Waals surface area (Å²) in [6.07, 6.45) is 1.84. The highest BCUT2D eigenvalue weighted by molar-refractivity contribution is 6.15. The Labute approximate surface area is 98.2 Å². The Morgan fingerprint density at radius 1 is 1.12 bits per heavy atom. The van der Waals surface area contributed by atoms with Crippen LogP contribution in [-0.2, 0) is 9.59 Å². The molecule has 90 valence electrons. The number of imide groups is 1. The summed E-state index contributed by atoms with van der Waals surface area (Å²) in [5, 5.41) is 0. The second-order valence-corrected chi connectivity index (χ2v) is 4.04. The molecule has 0 radical (unpaired) electrons. The molecular weight excluding hydrogens is 223 g/mol. The molecule has 0 aliphatic carbocycles. The highest BCUT2D eigenvalue weighted by Crippen LogP contribution is 2.26. The van der Waals surface area contributed by atoms with Crippen molar-refractivity contribution in [3.63, 3.8) is 0 Å². The van der Waals surface area contributed by atoms with Gasteiger partial charge >= 0.3 is 0 Å². The number of nitrogens with two attached hydrogens (primary N) is 1. The van der Waals surface area contributed by atoms with Crippen LogP contribution in [0.4, 0.5) is 15.8 Å². The van der Waals surface area contributed by atoms with E-state index in [2.05, 4.69) is 0 Å². The number of benzene rings is 1. The SMILES string of the molecule is Nc1ccc(F)c(N2C(=O)CCCCC2=O)c1. The molecule has 4 nitrogen and oxygen atoms in total. The third-order valence-electron chi connectivity index (χ3n) is 2.74. The lowest BCUT2D eigenvalue weighted by molar-refractivity contribution is -0.125. The van der Waals surface area contributed by atoms with Gasteiger partial charge in [0.2, 0.25) is 11.8 Å². The highest BCUT2D eigenvalue weighted by Gasteiger charge is 2.27. The largest absolute Gasteiger partial charge is 0.399 e. The zero-order valence-electron chi connectivity index (χ0n) is 9.28. The number of rotatable bonds is 1. The van der Waals surface area contributed by atoms with E-state index in [1.165, 1.54) is 12.1 Å². The number of carbonyl (C=O) groups excluding carboxylic acids is 2.